The van der Waals surface area contributed by atoms with Crippen molar-refractivity contribution >= 4 is 5.97 Å². The van der Waals surface area contributed by atoms with Gasteiger partial charge < -0.3 is 35.4 Å². The van der Waals surface area contributed by atoms with Crippen LogP contribution in [0.3, 0.4) is 0 Å². The fourth-order valence-electron chi connectivity index (χ4n) is 3.91. The van der Waals surface area contributed by atoms with E-state index in [2.05, 4.69) is 0 Å². The number of benzene rings is 3. The van der Waals surface area contributed by atoms with Gasteiger partial charge in [-0.05, 0) is 47.4 Å². The quantitative estimate of drug-likeness (QED) is 0.278. The van der Waals surface area contributed by atoms with Crippen LogP contribution in [0.2, 0.25) is 0 Å². The Bertz CT molecular complexity index is 1120. The summed E-state index contributed by atoms with van der Waals surface area (Å²) in [6.07, 6.45) is 0.0957. The summed E-state index contributed by atoms with van der Waals surface area (Å²) in [5.41, 5.74) is 2.31. The molecule has 4 rings (SSSR count). The molecule has 6 N–H and O–H groups in total. The first-order chi connectivity index (χ1) is 14.7. The molecule has 0 saturated heterocycles. The lowest BCUT2D eigenvalue weighted by molar-refractivity contribution is 0.0215. The van der Waals surface area contributed by atoms with E-state index in [1.807, 2.05) is 24.3 Å². The van der Waals surface area contributed by atoms with Gasteiger partial charge in [-0.3, -0.25) is 0 Å². The maximum atomic E-state index is 12.7. The van der Waals surface area contributed by atoms with Gasteiger partial charge in [-0.2, -0.15) is 0 Å². The molecule has 0 heterocycles. The summed E-state index contributed by atoms with van der Waals surface area (Å²) < 4.78 is 5.69. The number of hydrogen-bond acceptors (Lipinski definition) is 8. The lowest BCUT2D eigenvalue weighted by atomic mass is 9.78. The predicted molar refractivity (Wildman–Crippen MR) is 109 cm³/mol. The summed E-state index contributed by atoms with van der Waals surface area (Å²) in [7, 11) is 0. The van der Waals surface area contributed by atoms with Crippen molar-refractivity contribution < 1.29 is 40.2 Å². The number of aromatic hydroxyl groups is 6. The molecular weight excluding hydrogens is 404 g/mol. The number of phenols is 6. The molecular formula is C23H20O8. The second-order valence-electron chi connectivity index (χ2n) is 7.50. The first-order valence-electron chi connectivity index (χ1n) is 9.52. The van der Waals surface area contributed by atoms with Crippen LogP contribution in [0.1, 0.15) is 33.0 Å². The van der Waals surface area contributed by atoms with Crippen molar-refractivity contribution in [3.63, 3.8) is 0 Å². The van der Waals surface area contributed by atoms with Crippen LogP contribution in [0.15, 0.2) is 48.5 Å². The Hall–Kier alpha value is -4.07. The zero-order valence-electron chi connectivity index (χ0n) is 16.2. The lowest BCUT2D eigenvalue weighted by Gasteiger charge is -2.33. The van der Waals surface area contributed by atoms with Crippen LogP contribution >= 0.6 is 0 Å². The van der Waals surface area contributed by atoms with Gasteiger partial charge in [0.1, 0.15) is 6.10 Å². The molecule has 3 aromatic rings. The van der Waals surface area contributed by atoms with E-state index in [9.17, 15) is 35.4 Å². The first-order valence-corrected chi connectivity index (χ1v) is 9.52. The van der Waals surface area contributed by atoms with Crippen LogP contribution in [0.25, 0.3) is 0 Å². The van der Waals surface area contributed by atoms with Gasteiger partial charge >= 0.3 is 5.97 Å². The van der Waals surface area contributed by atoms with E-state index in [1.165, 1.54) is 12.1 Å². The Kier molecular flexibility index (Phi) is 4.98. The molecule has 0 aromatic heterocycles. The second kappa shape index (κ2) is 7.64. The number of hydrogen-bond donors (Lipinski definition) is 6. The average molecular weight is 424 g/mol. The maximum absolute atomic E-state index is 12.7. The molecule has 0 fully saturated rings. The lowest BCUT2D eigenvalue weighted by Crippen LogP contribution is -2.33. The highest BCUT2D eigenvalue weighted by Gasteiger charge is 2.34. The Labute approximate surface area is 176 Å². The number of ether oxygens (including phenoxy) is 1. The highest BCUT2D eigenvalue weighted by Crippen LogP contribution is 2.42. The number of esters is 1. The van der Waals surface area contributed by atoms with Crippen molar-refractivity contribution in [2.45, 2.75) is 24.9 Å². The third-order valence-corrected chi connectivity index (χ3v) is 5.51. The van der Waals surface area contributed by atoms with Gasteiger partial charge in [-0.15, -0.1) is 0 Å². The Morgan fingerprint density at radius 1 is 0.742 bits per heavy atom. The SMILES string of the molecule is O=C(O[C@H]1Cc2ccccc2CC1c1cc(O)c(O)c(O)c1)c1cc(O)c(O)c(O)c1. The number of rotatable bonds is 3. The molecule has 160 valence electrons. The molecule has 0 bridgehead atoms. The zero-order chi connectivity index (χ0) is 22.3. The maximum Gasteiger partial charge on any atom is 0.338 e. The first kappa shape index (κ1) is 20.2. The molecule has 8 heteroatoms. The average Bonchev–Trinajstić information content (AvgIpc) is 2.74. The van der Waals surface area contributed by atoms with Gasteiger partial charge in [-0.1, -0.05) is 24.3 Å². The molecule has 1 aliphatic carbocycles. The Morgan fingerprint density at radius 2 is 1.23 bits per heavy atom. The van der Waals surface area contributed by atoms with Crippen molar-refractivity contribution in [2.24, 2.45) is 0 Å². The molecule has 0 amide bonds. The zero-order valence-corrected chi connectivity index (χ0v) is 16.2. The van der Waals surface area contributed by atoms with E-state index in [0.717, 1.165) is 23.3 Å². The molecule has 1 aliphatic rings. The van der Waals surface area contributed by atoms with Crippen LogP contribution < -0.4 is 0 Å². The van der Waals surface area contributed by atoms with Crippen molar-refractivity contribution in [1.29, 1.82) is 0 Å². The van der Waals surface area contributed by atoms with E-state index < -0.39 is 52.5 Å². The van der Waals surface area contributed by atoms with Crippen LogP contribution in [0.5, 0.6) is 34.5 Å². The van der Waals surface area contributed by atoms with E-state index in [-0.39, 0.29) is 5.56 Å². The summed E-state index contributed by atoms with van der Waals surface area (Å²) in [6.45, 7) is 0. The third-order valence-electron chi connectivity index (χ3n) is 5.51. The van der Waals surface area contributed by atoms with E-state index >= 15 is 0 Å². The summed E-state index contributed by atoms with van der Waals surface area (Å²) in [5.74, 6) is -4.96. The highest BCUT2D eigenvalue weighted by molar-refractivity contribution is 5.91. The van der Waals surface area contributed by atoms with Crippen LogP contribution in [-0.4, -0.2) is 42.7 Å². The number of fused-ring (bicyclic) bond motifs is 1. The van der Waals surface area contributed by atoms with Gasteiger partial charge in [0.2, 0.25) is 0 Å². The minimum absolute atomic E-state index is 0.151. The highest BCUT2D eigenvalue weighted by atomic mass is 16.5. The van der Waals surface area contributed by atoms with Crippen molar-refractivity contribution in [3.8, 4) is 34.5 Å². The van der Waals surface area contributed by atoms with Gasteiger partial charge in [0.15, 0.2) is 34.5 Å². The smallest absolute Gasteiger partial charge is 0.338 e. The van der Waals surface area contributed by atoms with Crippen LogP contribution in [0, 0.1) is 0 Å². The summed E-state index contributed by atoms with van der Waals surface area (Å²) in [4.78, 5) is 12.7. The molecule has 8 nitrogen and oxygen atoms in total. The topological polar surface area (TPSA) is 148 Å². The van der Waals surface area contributed by atoms with Gasteiger partial charge in [0.25, 0.3) is 0 Å². The molecule has 0 spiro atoms. The van der Waals surface area contributed by atoms with Crippen molar-refractivity contribution in [1.82, 2.24) is 0 Å². The summed E-state index contributed by atoms with van der Waals surface area (Å²) >= 11 is 0. The fourth-order valence-corrected chi connectivity index (χ4v) is 3.91. The number of carbonyl (C=O) groups excluding carboxylic acids is 1. The van der Waals surface area contributed by atoms with E-state index in [4.69, 9.17) is 4.74 Å². The third kappa shape index (κ3) is 3.75. The summed E-state index contributed by atoms with van der Waals surface area (Å²) in [5, 5.41) is 58.4. The molecule has 0 saturated carbocycles. The molecule has 0 radical (unpaired) electrons. The molecule has 2 atom stereocenters. The van der Waals surface area contributed by atoms with Crippen LogP contribution in [0.4, 0.5) is 0 Å². The van der Waals surface area contributed by atoms with Gasteiger partial charge in [0, 0.05) is 12.3 Å². The minimum Gasteiger partial charge on any atom is -0.504 e. The second-order valence-corrected chi connectivity index (χ2v) is 7.50. The van der Waals surface area contributed by atoms with E-state index in [0.29, 0.717) is 18.4 Å². The Balaban J connectivity index is 1.70. The monoisotopic (exact) mass is 424 g/mol. The van der Waals surface area contributed by atoms with E-state index in [1.54, 1.807) is 0 Å². The molecule has 0 aliphatic heterocycles. The number of phenolic OH excluding ortho intramolecular Hbond substituents is 6. The van der Waals surface area contributed by atoms with Crippen molar-refractivity contribution in [2.75, 3.05) is 0 Å². The van der Waals surface area contributed by atoms with Crippen LogP contribution in [-0.2, 0) is 17.6 Å². The molecule has 3 aromatic carbocycles. The largest absolute Gasteiger partial charge is 0.504 e. The number of carbonyl (C=O) groups is 1. The Morgan fingerprint density at radius 3 is 1.77 bits per heavy atom. The standard InChI is InChI=1S/C23H20O8/c24-16-6-13(7-17(25)21(16)28)15-5-11-3-1-2-4-12(11)10-20(15)31-23(30)14-8-18(26)22(29)19(27)9-14/h1-4,6-9,15,20,24-29H,5,10H2/t15?,20-/m0/s1. The fraction of sp³-hybridized carbons (Fsp3) is 0.174. The molecule has 1 unspecified atom stereocenters. The normalized spacial score (nSPS) is 17.7. The molecule has 31 heavy (non-hydrogen) atoms. The van der Waals surface area contributed by atoms with Gasteiger partial charge in [0.05, 0.1) is 5.56 Å². The predicted octanol–water partition coefficient (Wildman–Crippen LogP) is 3.03. The van der Waals surface area contributed by atoms with Crippen molar-refractivity contribution in [3.05, 3.63) is 70.8 Å². The minimum atomic E-state index is -0.827. The summed E-state index contributed by atoms with van der Waals surface area (Å²) in [6, 6.07) is 12.2. The van der Waals surface area contributed by atoms with Gasteiger partial charge in [-0.25, -0.2) is 4.79 Å².